The number of carbonyl (C=O) groups is 2. The van der Waals surface area contributed by atoms with Crippen LogP contribution in [0.1, 0.15) is 26.3 Å². The monoisotopic (exact) mass is 455 g/mol. The Kier molecular flexibility index (Phi) is 5.46. The molecule has 0 atom stereocenters. The van der Waals surface area contributed by atoms with Crippen LogP contribution in [0.5, 0.6) is 11.5 Å². The van der Waals surface area contributed by atoms with Gasteiger partial charge < -0.3 is 9.47 Å². The first-order valence-electron chi connectivity index (χ1n) is 8.82. The van der Waals surface area contributed by atoms with Gasteiger partial charge in [0.15, 0.2) is 5.76 Å². The number of rotatable bonds is 4. The van der Waals surface area contributed by atoms with Crippen LogP contribution in [0.25, 0.3) is 6.08 Å². The molecule has 0 saturated carbocycles. The number of nitrogens with zero attached hydrogens (tertiary/aromatic N) is 1. The van der Waals surface area contributed by atoms with Gasteiger partial charge in [-0.2, -0.15) is 0 Å². The van der Waals surface area contributed by atoms with Crippen LogP contribution in [-0.4, -0.2) is 16.7 Å². The maximum Gasteiger partial charge on any atom is 0.343 e. The molecule has 0 radical (unpaired) electrons. The van der Waals surface area contributed by atoms with Crippen LogP contribution in [0, 0.1) is 10.1 Å². The van der Waals surface area contributed by atoms with Crippen molar-refractivity contribution in [3.8, 4) is 11.5 Å². The average molecular weight is 456 g/mol. The molecule has 3 aromatic carbocycles. The summed E-state index contributed by atoms with van der Waals surface area (Å²) < 4.78 is 10.9. The summed E-state index contributed by atoms with van der Waals surface area (Å²) in [5.41, 5.74) is 0.961. The van der Waals surface area contributed by atoms with Crippen molar-refractivity contribution in [3.63, 3.8) is 0 Å². The van der Waals surface area contributed by atoms with Crippen molar-refractivity contribution in [2.75, 3.05) is 0 Å². The smallest absolute Gasteiger partial charge is 0.343 e. The van der Waals surface area contributed by atoms with Gasteiger partial charge in [-0.1, -0.05) is 29.3 Å². The van der Waals surface area contributed by atoms with E-state index in [-0.39, 0.29) is 34.3 Å². The molecule has 9 heteroatoms. The topological polar surface area (TPSA) is 95.7 Å². The molecule has 4 rings (SSSR count). The van der Waals surface area contributed by atoms with Gasteiger partial charge in [-0.15, -0.1) is 0 Å². The van der Waals surface area contributed by atoms with Gasteiger partial charge in [0.1, 0.15) is 11.5 Å². The lowest BCUT2D eigenvalue weighted by Gasteiger charge is -2.05. The summed E-state index contributed by atoms with van der Waals surface area (Å²) in [6.07, 6.45) is 1.53. The molecular weight excluding hydrogens is 445 g/mol. The van der Waals surface area contributed by atoms with E-state index in [4.69, 9.17) is 32.7 Å². The number of hydrogen-bond donors (Lipinski definition) is 0. The summed E-state index contributed by atoms with van der Waals surface area (Å²) in [6.45, 7) is 0. The first kappa shape index (κ1) is 20.6. The third-order valence-corrected chi connectivity index (χ3v) is 5.15. The maximum atomic E-state index is 12.6. The van der Waals surface area contributed by atoms with Crippen LogP contribution in [-0.2, 0) is 0 Å². The fourth-order valence-electron chi connectivity index (χ4n) is 2.87. The van der Waals surface area contributed by atoms with Gasteiger partial charge in [-0.25, -0.2) is 4.79 Å². The number of ether oxygens (including phenoxy) is 2. The molecule has 0 unspecified atom stereocenters. The number of non-ortho nitro benzene ring substituents is 1. The standard InChI is InChI=1S/C22H11Cl2NO6/c23-17-8-1-12(9-18(17)24)10-20-21(26)16-7-6-15(11-19(16)31-20)30-22(27)13-2-4-14(5-3-13)25(28)29/h1-11H. The molecular formula is C22H11Cl2NO6. The highest BCUT2D eigenvalue weighted by Gasteiger charge is 2.28. The molecule has 0 saturated heterocycles. The number of benzene rings is 3. The number of nitro groups is 1. The van der Waals surface area contributed by atoms with Gasteiger partial charge in [-0.3, -0.25) is 14.9 Å². The number of hydrogen-bond acceptors (Lipinski definition) is 6. The van der Waals surface area contributed by atoms with E-state index in [0.29, 0.717) is 21.2 Å². The Bertz CT molecular complexity index is 1270. The second-order valence-electron chi connectivity index (χ2n) is 6.46. The zero-order valence-electron chi connectivity index (χ0n) is 15.5. The summed E-state index contributed by atoms with van der Waals surface area (Å²) in [6, 6.07) is 14.3. The van der Waals surface area contributed by atoms with Crippen molar-refractivity contribution in [2.24, 2.45) is 0 Å². The Morgan fingerprint density at radius 2 is 1.74 bits per heavy atom. The largest absolute Gasteiger partial charge is 0.452 e. The van der Waals surface area contributed by atoms with Crippen LogP contribution in [0.15, 0.2) is 66.4 Å². The molecule has 0 aliphatic carbocycles. The van der Waals surface area contributed by atoms with Gasteiger partial charge in [-0.05, 0) is 48.0 Å². The normalized spacial score (nSPS) is 13.6. The molecule has 31 heavy (non-hydrogen) atoms. The number of ketones is 1. The predicted octanol–water partition coefficient (Wildman–Crippen LogP) is 5.74. The minimum absolute atomic E-state index is 0.0900. The van der Waals surface area contributed by atoms with Crippen molar-refractivity contribution in [3.05, 3.63) is 103 Å². The molecule has 1 heterocycles. The highest BCUT2D eigenvalue weighted by molar-refractivity contribution is 6.42. The van der Waals surface area contributed by atoms with Gasteiger partial charge in [0.05, 0.1) is 26.1 Å². The first-order valence-corrected chi connectivity index (χ1v) is 9.57. The van der Waals surface area contributed by atoms with Crippen molar-refractivity contribution in [1.29, 1.82) is 0 Å². The Morgan fingerprint density at radius 3 is 2.42 bits per heavy atom. The van der Waals surface area contributed by atoms with Gasteiger partial charge in [0, 0.05) is 18.2 Å². The molecule has 7 nitrogen and oxygen atoms in total. The van der Waals surface area contributed by atoms with Crippen molar-refractivity contribution in [2.45, 2.75) is 0 Å². The lowest BCUT2D eigenvalue weighted by molar-refractivity contribution is -0.384. The predicted molar refractivity (Wildman–Crippen MR) is 114 cm³/mol. The van der Waals surface area contributed by atoms with Crippen LogP contribution < -0.4 is 9.47 Å². The van der Waals surface area contributed by atoms with E-state index in [9.17, 15) is 19.7 Å². The zero-order valence-corrected chi connectivity index (χ0v) is 17.0. The fraction of sp³-hybridized carbons (Fsp3) is 0. The highest BCUT2D eigenvalue weighted by Crippen LogP contribution is 2.35. The number of esters is 1. The summed E-state index contributed by atoms with van der Waals surface area (Å²) in [7, 11) is 0. The number of halogens is 2. The molecule has 0 spiro atoms. The van der Waals surface area contributed by atoms with Crippen LogP contribution in [0.4, 0.5) is 5.69 Å². The van der Waals surface area contributed by atoms with Crippen LogP contribution >= 0.6 is 23.2 Å². The third-order valence-electron chi connectivity index (χ3n) is 4.41. The molecule has 1 aliphatic rings. The first-order chi connectivity index (χ1) is 14.8. The second-order valence-corrected chi connectivity index (χ2v) is 7.28. The van der Waals surface area contributed by atoms with E-state index >= 15 is 0 Å². The lowest BCUT2D eigenvalue weighted by atomic mass is 10.1. The number of allylic oxidation sites excluding steroid dienone is 1. The van der Waals surface area contributed by atoms with E-state index in [1.165, 1.54) is 48.5 Å². The van der Waals surface area contributed by atoms with Crippen LogP contribution in [0.3, 0.4) is 0 Å². The number of carbonyl (C=O) groups excluding carboxylic acids is 2. The summed E-state index contributed by atoms with van der Waals surface area (Å²) in [4.78, 5) is 35.0. The molecule has 154 valence electrons. The van der Waals surface area contributed by atoms with E-state index in [0.717, 1.165) is 0 Å². The molecule has 1 aliphatic heterocycles. The van der Waals surface area contributed by atoms with E-state index < -0.39 is 10.9 Å². The molecule has 0 bridgehead atoms. The molecule has 0 aromatic heterocycles. The van der Waals surface area contributed by atoms with E-state index in [1.807, 2.05) is 0 Å². The molecule has 3 aromatic rings. The van der Waals surface area contributed by atoms with Crippen molar-refractivity contribution >= 4 is 46.7 Å². The Labute approximate surface area is 185 Å². The van der Waals surface area contributed by atoms with E-state index in [2.05, 4.69) is 0 Å². The summed E-state index contributed by atoms with van der Waals surface area (Å²) >= 11 is 11.9. The number of Topliss-reactive ketones (excluding diaryl/α,β-unsaturated/α-hetero) is 1. The quantitative estimate of drug-likeness (QED) is 0.163. The Hall–Kier alpha value is -3.68. The Balaban J connectivity index is 1.52. The summed E-state index contributed by atoms with van der Waals surface area (Å²) in [5.74, 6) is -0.539. The van der Waals surface area contributed by atoms with Crippen molar-refractivity contribution in [1.82, 2.24) is 0 Å². The van der Waals surface area contributed by atoms with E-state index in [1.54, 1.807) is 18.2 Å². The lowest BCUT2D eigenvalue weighted by Crippen LogP contribution is -2.08. The number of fused-ring (bicyclic) bond motifs is 1. The minimum Gasteiger partial charge on any atom is -0.452 e. The van der Waals surface area contributed by atoms with Gasteiger partial charge >= 0.3 is 5.97 Å². The second kappa shape index (κ2) is 8.22. The molecule has 0 amide bonds. The van der Waals surface area contributed by atoms with Crippen LogP contribution in [0.2, 0.25) is 10.0 Å². The molecule has 0 N–H and O–H groups in total. The summed E-state index contributed by atoms with van der Waals surface area (Å²) in [5, 5.41) is 11.5. The minimum atomic E-state index is -0.703. The van der Waals surface area contributed by atoms with Gasteiger partial charge in [0.2, 0.25) is 5.78 Å². The fourth-order valence-corrected chi connectivity index (χ4v) is 3.18. The average Bonchev–Trinajstić information content (AvgIpc) is 3.05. The number of nitro benzene ring substituents is 1. The highest BCUT2D eigenvalue weighted by atomic mass is 35.5. The molecule has 0 fully saturated rings. The van der Waals surface area contributed by atoms with Crippen molar-refractivity contribution < 1.29 is 24.0 Å². The Morgan fingerprint density at radius 1 is 1.00 bits per heavy atom. The van der Waals surface area contributed by atoms with Gasteiger partial charge in [0.25, 0.3) is 5.69 Å². The third kappa shape index (κ3) is 4.28. The maximum absolute atomic E-state index is 12.6. The zero-order chi connectivity index (χ0) is 22.1. The SMILES string of the molecule is O=C(Oc1ccc2c(c1)OC(=Cc1ccc(Cl)c(Cl)c1)C2=O)c1ccc([N+](=O)[O-])cc1.